The third kappa shape index (κ3) is 3.74. The van der Waals surface area contributed by atoms with Crippen LogP contribution in [0.3, 0.4) is 0 Å². The number of aliphatic hydroxyl groups excluding tert-OH is 1. The molecule has 1 amide bonds. The number of benzene rings is 1. The van der Waals surface area contributed by atoms with Crippen molar-refractivity contribution >= 4 is 6.09 Å². The SMILES string of the molecule is CNC(=O)Oc1ccc(C(C2C=CC(O)=CC2)(C(F)(F)F)C(F)(F)F)cc1. The minimum Gasteiger partial charge on any atom is -0.508 e. The molecule has 10 heteroatoms. The number of hydrogen-bond donors (Lipinski definition) is 2. The van der Waals surface area contributed by atoms with Gasteiger partial charge >= 0.3 is 18.4 Å². The zero-order valence-corrected chi connectivity index (χ0v) is 13.9. The fourth-order valence-electron chi connectivity index (χ4n) is 3.00. The molecule has 0 heterocycles. The first-order valence-corrected chi connectivity index (χ1v) is 7.64. The topological polar surface area (TPSA) is 58.6 Å². The van der Waals surface area contributed by atoms with Gasteiger partial charge in [-0.2, -0.15) is 26.3 Å². The van der Waals surface area contributed by atoms with Crippen LogP contribution in [0.25, 0.3) is 0 Å². The molecule has 0 spiro atoms. The van der Waals surface area contributed by atoms with Gasteiger partial charge in [-0.25, -0.2) is 4.79 Å². The summed E-state index contributed by atoms with van der Waals surface area (Å²) in [5.41, 5.74) is -5.24. The van der Waals surface area contributed by atoms with E-state index >= 15 is 0 Å². The van der Waals surface area contributed by atoms with Crippen LogP contribution < -0.4 is 10.1 Å². The van der Waals surface area contributed by atoms with Crippen LogP contribution in [0.15, 0.2) is 48.3 Å². The van der Waals surface area contributed by atoms with Crippen LogP contribution in [0, 0.1) is 5.92 Å². The van der Waals surface area contributed by atoms with Crippen molar-refractivity contribution in [1.82, 2.24) is 5.32 Å². The highest BCUT2D eigenvalue weighted by molar-refractivity contribution is 5.69. The van der Waals surface area contributed by atoms with Gasteiger partial charge in [-0.3, -0.25) is 0 Å². The fourth-order valence-corrected chi connectivity index (χ4v) is 3.00. The first-order chi connectivity index (χ1) is 12.4. The summed E-state index contributed by atoms with van der Waals surface area (Å²) in [6.45, 7) is 0. The van der Waals surface area contributed by atoms with Gasteiger partial charge in [0.2, 0.25) is 0 Å². The summed E-state index contributed by atoms with van der Waals surface area (Å²) in [5.74, 6) is -2.63. The predicted octanol–water partition coefficient (Wildman–Crippen LogP) is 4.79. The Kier molecular flexibility index (Phi) is 5.48. The van der Waals surface area contributed by atoms with Gasteiger partial charge in [0.05, 0.1) is 0 Å². The number of ether oxygens (including phenoxy) is 1. The van der Waals surface area contributed by atoms with Gasteiger partial charge in [0.1, 0.15) is 11.5 Å². The molecule has 0 radical (unpaired) electrons. The minimum absolute atomic E-state index is 0.215. The van der Waals surface area contributed by atoms with Crippen LogP contribution >= 0.6 is 0 Å². The monoisotopic (exact) mass is 395 g/mol. The number of halogens is 6. The van der Waals surface area contributed by atoms with E-state index in [2.05, 4.69) is 5.32 Å². The Balaban J connectivity index is 2.59. The van der Waals surface area contributed by atoms with Crippen molar-refractivity contribution in [3.8, 4) is 5.75 Å². The van der Waals surface area contributed by atoms with Crippen molar-refractivity contribution in [1.29, 1.82) is 0 Å². The van der Waals surface area contributed by atoms with E-state index in [0.717, 1.165) is 24.3 Å². The molecule has 0 bridgehead atoms. The molecule has 1 aromatic rings. The lowest BCUT2D eigenvalue weighted by Gasteiger charge is -2.43. The average molecular weight is 395 g/mol. The minimum atomic E-state index is -5.68. The van der Waals surface area contributed by atoms with Gasteiger partial charge in [-0.15, -0.1) is 0 Å². The van der Waals surface area contributed by atoms with E-state index < -0.39 is 47.5 Å². The number of alkyl halides is 6. The lowest BCUT2D eigenvalue weighted by molar-refractivity contribution is -0.314. The van der Waals surface area contributed by atoms with E-state index in [1.165, 1.54) is 7.05 Å². The number of hydrogen-bond acceptors (Lipinski definition) is 3. The molecule has 1 atom stereocenters. The molecular formula is C17H15F6NO3. The normalized spacial score (nSPS) is 18.0. The molecule has 148 valence electrons. The molecule has 27 heavy (non-hydrogen) atoms. The Morgan fingerprint density at radius 2 is 1.67 bits per heavy atom. The molecule has 1 aromatic carbocycles. The predicted molar refractivity (Wildman–Crippen MR) is 83.3 cm³/mol. The van der Waals surface area contributed by atoms with Gasteiger partial charge in [-0.1, -0.05) is 18.2 Å². The Hall–Kier alpha value is -2.65. The van der Waals surface area contributed by atoms with Crippen molar-refractivity contribution in [2.24, 2.45) is 5.92 Å². The Labute approximate surface area is 150 Å². The maximum atomic E-state index is 13.9. The van der Waals surface area contributed by atoms with Crippen molar-refractivity contribution in [3.63, 3.8) is 0 Å². The van der Waals surface area contributed by atoms with E-state index in [1.54, 1.807) is 0 Å². The molecule has 0 saturated carbocycles. The first-order valence-electron chi connectivity index (χ1n) is 7.64. The second-order valence-corrected chi connectivity index (χ2v) is 5.80. The van der Waals surface area contributed by atoms with E-state index in [-0.39, 0.29) is 5.75 Å². The lowest BCUT2D eigenvalue weighted by Crippen LogP contribution is -2.58. The van der Waals surface area contributed by atoms with E-state index in [4.69, 9.17) is 4.74 Å². The van der Waals surface area contributed by atoms with Crippen LogP contribution in [0.5, 0.6) is 5.75 Å². The van der Waals surface area contributed by atoms with Crippen LogP contribution in [-0.2, 0) is 5.41 Å². The van der Waals surface area contributed by atoms with Crippen molar-refractivity contribution in [3.05, 3.63) is 53.8 Å². The zero-order valence-electron chi connectivity index (χ0n) is 13.9. The number of rotatable bonds is 3. The number of allylic oxidation sites excluding steroid dienone is 3. The van der Waals surface area contributed by atoms with E-state index in [1.807, 2.05) is 0 Å². The van der Waals surface area contributed by atoms with Crippen LogP contribution in [0.1, 0.15) is 12.0 Å². The third-order valence-corrected chi connectivity index (χ3v) is 4.26. The van der Waals surface area contributed by atoms with Gasteiger partial charge < -0.3 is 15.2 Å². The highest BCUT2D eigenvalue weighted by atomic mass is 19.4. The second-order valence-electron chi connectivity index (χ2n) is 5.80. The Morgan fingerprint density at radius 3 is 2.07 bits per heavy atom. The van der Waals surface area contributed by atoms with Crippen molar-refractivity contribution in [2.75, 3.05) is 7.05 Å². The molecule has 0 fully saturated rings. The van der Waals surface area contributed by atoms with Gasteiger partial charge in [0.25, 0.3) is 0 Å². The maximum Gasteiger partial charge on any atom is 0.412 e. The summed E-state index contributed by atoms with van der Waals surface area (Å²) in [5, 5.41) is 11.4. The van der Waals surface area contributed by atoms with Crippen molar-refractivity contribution < 1.29 is 41.0 Å². The van der Waals surface area contributed by atoms with Gasteiger partial charge in [-0.05, 0) is 36.3 Å². The number of aliphatic hydroxyl groups is 1. The molecule has 1 aliphatic rings. The molecule has 0 aromatic heterocycles. The van der Waals surface area contributed by atoms with E-state index in [0.29, 0.717) is 18.2 Å². The summed E-state index contributed by atoms with van der Waals surface area (Å²) < 4.78 is 87.9. The molecule has 1 aliphatic carbocycles. The van der Waals surface area contributed by atoms with Gasteiger partial charge in [0, 0.05) is 13.0 Å². The molecule has 2 N–H and O–H groups in total. The molecule has 0 saturated heterocycles. The van der Waals surface area contributed by atoms with Crippen molar-refractivity contribution in [2.45, 2.75) is 24.2 Å². The summed E-state index contributed by atoms with van der Waals surface area (Å²) >= 11 is 0. The maximum absolute atomic E-state index is 13.9. The zero-order chi connectivity index (χ0) is 20.5. The lowest BCUT2D eigenvalue weighted by atomic mass is 9.66. The number of amides is 1. The summed E-state index contributed by atoms with van der Waals surface area (Å²) in [6.07, 6.45) is -10.5. The number of nitrogens with one attached hydrogen (secondary N) is 1. The average Bonchev–Trinajstić information content (AvgIpc) is 2.56. The highest BCUT2D eigenvalue weighted by Crippen LogP contribution is 2.58. The highest BCUT2D eigenvalue weighted by Gasteiger charge is 2.74. The third-order valence-electron chi connectivity index (χ3n) is 4.26. The van der Waals surface area contributed by atoms with Crippen LogP contribution in [0.4, 0.5) is 31.1 Å². The first kappa shape index (κ1) is 20.7. The molecule has 2 rings (SSSR count). The smallest absolute Gasteiger partial charge is 0.412 e. The standard InChI is InChI=1S/C17H15F6NO3/c1-24-14(26)27-13-8-4-11(5-9-13)15(16(18,19)20,17(21,22)23)10-2-6-12(25)7-3-10/h2,4-10,25H,3H2,1H3,(H,24,26). The quantitative estimate of drug-likeness (QED) is 0.724. The Bertz CT molecular complexity index is 735. The summed E-state index contributed by atoms with van der Waals surface area (Å²) in [6, 6.07) is 2.98. The fraction of sp³-hybridized carbons (Fsp3) is 0.353. The van der Waals surface area contributed by atoms with Crippen LogP contribution in [0.2, 0.25) is 0 Å². The Morgan fingerprint density at radius 1 is 1.11 bits per heavy atom. The summed E-state index contributed by atoms with van der Waals surface area (Å²) in [7, 11) is 1.24. The van der Waals surface area contributed by atoms with E-state index in [9.17, 15) is 36.2 Å². The molecule has 4 nitrogen and oxygen atoms in total. The molecular weight excluding hydrogens is 380 g/mol. The number of carbonyl (C=O) groups excluding carboxylic acids is 1. The molecule has 1 unspecified atom stereocenters. The van der Waals surface area contributed by atoms with Crippen LogP contribution in [-0.4, -0.2) is 30.6 Å². The summed E-state index contributed by atoms with van der Waals surface area (Å²) in [4.78, 5) is 11.1. The molecule has 0 aliphatic heterocycles. The van der Waals surface area contributed by atoms with Gasteiger partial charge in [0.15, 0.2) is 5.41 Å². The largest absolute Gasteiger partial charge is 0.508 e. The second kappa shape index (κ2) is 7.16. The number of carbonyl (C=O) groups is 1.